The highest BCUT2D eigenvalue weighted by Crippen LogP contribution is 2.40. The molecule has 0 saturated heterocycles. The molecule has 0 radical (unpaired) electrons. The monoisotopic (exact) mass is 297 g/mol. The lowest BCUT2D eigenvalue weighted by Gasteiger charge is -2.23. The van der Waals surface area contributed by atoms with E-state index in [4.69, 9.17) is 9.47 Å². The van der Waals surface area contributed by atoms with Gasteiger partial charge in [-0.1, -0.05) is 22.9 Å². The molecule has 1 heterocycles. The number of isocyanates is 1. The first-order valence-electron chi connectivity index (χ1n) is 5.41. The van der Waals surface area contributed by atoms with Gasteiger partial charge in [-0.2, -0.15) is 0 Å². The van der Waals surface area contributed by atoms with E-state index in [-0.39, 0.29) is 0 Å². The maximum absolute atomic E-state index is 10.2. The molecule has 17 heavy (non-hydrogen) atoms. The van der Waals surface area contributed by atoms with Crippen molar-refractivity contribution in [3.05, 3.63) is 21.7 Å². The summed E-state index contributed by atoms with van der Waals surface area (Å²) in [4.78, 5) is 13.8. The highest BCUT2D eigenvalue weighted by Gasteiger charge is 2.20. The van der Waals surface area contributed by atoms with Gasteiger partial charge in [0, 0.05) is 10.0 Å². The Morgan fingerprint density at radius 1 is 1.41 bits per heavy atom. The lowest BCUT2D eigenvalue weighted by Crippen LogP contribution is -2.17. The number of carbonyl (C=O) groups excluding carboxylic acids is 1. The minimum absolute atomic E-state index is 0.309. The Labute approximate surface area is 108 Å². The van der Waals surface area contributed by atoms with Gasteiger partial charge in [0.25, 0.3) is 0 Å². The number of benzene rings is 1. The van der Waals surface area contributed by atoms with E-state index in [1.54, 1.807) is 6.08 Å². The Kier molecular flexibility index (Phi) is 3.82. The smallest absolute Gasteiger partial charge is 0.235 e. The Hall–Kier alpha value is -1.32. The van der Waals surface area contributed by atoms with Gasteiger partial charge < -0.3 is 9.47 Å². The lowest BCUT2D eigenvalue weighted by molar-refractivity contribution is 0.169. The third-order valence-electron chi connectivity index (χ3n) is 2.65. The minimum atomic E-state index is 0.309. The van der Waals surface area contributed by atoms with Crippen LogP contribution in [0.2, 0.25) is 0 Å². The summed E-state index contributed by atoms with van der Waals surface area (Å²) in [5, 5.41) is 0. The molecule has 0 fully saturated rings. The van der Waals surface area contributed by atoms with Crippen LogP contribution in [-0.4, -0.2) is 19.3 Å². The van der Waals surface area contributed by atoms with Crippen LogP contribution in [-0.2, 0) is 17.8 Å². The summed E-state index contributed by atoms with van der Waals surface area (Å²) in [6.07, 6.45) is 2.36. The zero-order valence-electron chi connectivity index (χ0n) is 9.46. The molecular weight excluding hydrogens is 286 g/mol. The van der Waals surface area contributed by atoms with E-state index in [9.17, 15) is 4.79 Å². The van der Waals surface area contributed by atoms with Gasteiger partial charge in [-0.25, -0.2) is 9.79 Å². The standard InChI is InChI=1S/C12H12BrNO3/c1-2-8-9(6-14-7-15)10(13)5-11-12(8)17-4-3-16-11/h5H,2-4,6H2,1H3. The molecule has 0 amide bonds. The van der Waals surface area contributed by atoms with E-state index >= 15 is 0 Å². The van der Waals surface area contributed by atoms with E-state index < -0.39 is 0 Å². The number of ether oxygens (including phenoxy) is 2. The van der Waals surface area contributed by atoms with Crippen LogP contribution >= 0.6 is 15.9 Å². The van der Waals surface area contributed by atoms with E-state index in [0.717, 1.165) is 33.5 Å². The highest BCUT2D eigenvalue weighted by atomic mass is 79.9. The summed E-state index contributed by atoms with van der Waals surface area (Å²) in [5.41, 5.74) is 1.99. The quantitative estimate of drug-likeness (QED) is 0.636. The molecule has 0 bridgehead atoms. The van der Waals surface area contributed by atoms with Crippen molar-refractivity contribution in [3.63, 3.8) is 0 Å². The molecule has 1 aliphatic heterocycles. The number of aliphatic imine (C=N–C) groups is 1. The molecule has 0 aromatic heterocycles. The second kappa shape index (κ2) is 5.34. The third-order valence-corrected chi connectivity index (χ3v) is 3.36. The van der Waals surface area contributed by atoms with Crippen LogP contribution in [0.15, 0.2) is 15.5 Å². The van der Waals surface area contributed by atoms with Gasteiger partial charge in [0.2, 0.25) is 6.08 Å². The minimum Gasteiger partial charge on any atom is -0.486 e. The topological polar surface area (TPSA) is 47.9 Å². The average Bonchev–Trinajstić information content (AvgIpc) is 2.35. The first-order valence-corrected chi connectivity index (χ1v) is 6.20. The molecule has 1 aliphatic rings. The summed E-state index contributed by atoms with van der Waals surface area (Å²) in [6, 6.07) is 1.86. The maximum atomic E-state index is 10.2. The fourth-order valence-electron chi connectivity index (χ4n) is 1.91. The summed E-state index contributed by atoms with van der Waals surface area (Å²) in [6.45, 7) is 3.46. The van der Waals surface area contributed by atoms with Gasteiger partial charge in [0.15, 0.2) is 11.5 Å². The molecule has 0 N–H and O–H groups in total. The molecular formula is C12H12BrNO3. The summed E-state index contributed by atoms with van der Waals surface area (Å²) in [5.74, 6) is 1.52. The third kappa shape index (κ3) is 2.35. The Morgan fingerprint density at radius 3 is 2.88 bits per heavy atom. The zero-order chi connectivity index (χ0) is 12.3. The van der Waals surface area contributed by atoms with Crippen LogP contribution in [0.5, 0.6) is 11.5 Å². The van der Waals surface area contributed by atoms with Gasteiger partial charge in [-0.15, -0.1) is 0 Å². The van der Waals surface area contributed by atoms with Crippen LogP contribution in [0.4, 0.5) is 0 Å². The van der Waals surface area contributed by atoms with Crippen LogP contribution in [0.3, 0.4) is 0 Å². The number of nitrogens with zero attached hydrogens (tertiary/aromatic N) is 1. The van der Waals surface area contributed by atoms with Crippen molar-refractivity contribution in [2.45, 2.75) is 19.9 Å². The van der Waals surface area contributed by atoms with E-state index in [1.165, 1.54) is 0 Å². The SMILES string of the molecule is CCc1c(CN=C=O)c(Br)cc2c1OCCO2. The van der Waals surface area contributed by atoms with Gasteiger partial charge in [-0.05, 0) is 18.1 Å². The number of rotatable bonds is 3. The molecule has 0 saturated carbocycles. The second-order valence-corrected chi connectivity index (χ2v) is 4.46. The van der Waals surface area contributed by atoms with Gasteiger partial charge in [0.05, 0.1) is 6.54 Å². The largest absolute Gasteiger partial charge is 0.486 e. The number of hydrogen-bond acceptors (Lipinski definition) is 4. The summed E-state index contributed by atoms with van der Waals surface area (Å²) >= 11 is 3.47. The molecule has 0 spiro atoms. The fraction of sp³-hybridized carbons (Fsp3) is 0.417. The van der Waals surface area contributed by atoms with Crippen molar-refractivity contribution in [1.29, 1.82) is 0 Å². The molecule has 5 heteroatoms. The first-order chi connectivity index (χ1) is 8.27. The molecule has 2 rings (SSSR count). The summed E-state index contributed by atoms with van der Waals surface area (Å²) < 4.78 is 12.1. The predicted molar refractivity (Wildman–Crippen MR) is 66.3 cm³/mol. The molecule has 1 aromatic rings. The maximum Gasteiger partial charge on any atom is 0.235 e. The lowest BCUT2D eigenvalue weighted by atomic mass is 10.0. The summed E-state index contributed by atoms with van der Waals surface area (Å²) in [7, 11) is 0. The molecule has 1 aromatic carbocycles. The predicted octanol–water partition coefficient (Wildman–Crippen LogP) is 2.62. The van der Waals surface area contributed by atoms with Crippen molar-refractivity contribution in [2.24, 2.45) is 4.99 Å². The van der Waals surface area contributed by atoms with Crippen molar-refractivity contribution < 1.29 is 14.3 Å². The van der Waals surface area contributed by atoms with Crippen LogP contribution in [0.1, 0.15) is 18.1 Å². The van der Waals surface area contributed by atoms with E-state index in [1.807, 2.05) is 13.0 Å². The van der Waals surface area contributed by atoms with Crippen LogP contribution in [0, 0.1) is 0 Å². The molecule has 0 atom stereocenters. The van der Waals surface area contributed by atoms with Crippen molar-refractivity contribution in [3.8, 4) is 11.5 Å². The Morgan fingerprint density at radius 2 is 2.18 bits per heavy atom. The first kappa shape index (κ1) is 12.1. The fourth-order valence-corrected chi connectivity index (χ4v) is 2.49. The normalized spacial score (nSPS) is 13.1. The van der Waals surface area contributed by atoms with Gasteiger partial charge in [0.1, 0.15) is 13.2 Å². The van der Waals surface area contributed by atoms with E-state index in [0.29, 0.717) is 19.8 Å². The average molecular weight is 298 g/mol. The highest BCUT2D eigenvalue weighted by molar-refractivity contribution is 9.10. The molecule has 0 unspecified atom stereocenters. The number of fused-ring (bicyclic) bond motifs is 1. The zero-order valence-corrected chi connectivity index (χ0v) is 11.0. The van der Waals surface area contributed by atoms with Crippen LogP contribution in [0.25, 0.3) is 0 Å². The number of halogens is 1. The van der Waals surface area contributed by atoms with E-state index in [2.05, 4.69) is 20.9 Å². The molecule has 90 valence electrons. The van der Waals surface area contributed by atoms with Crippen molar-refractivity contribution >= 4 is 22.0 Å². The Bertz CT molecular complexity index is 481. The van der Waals surface area contributed by atoms with Crippen LogP contribution < -0.4 is 9.47 Å². The van der Waals surface area contributed by atoms with Gasteiger partial charge in [-0.3, -0.25) is 0 Å². The second-order valence-electron chi connectivity index (χ2n) is 3.60. The van der Waals surface area contributed by atoms with Crippen molar-refractivity contribution in [1.82, 2.24) is 0 Å². The molecule has 0 aliphatic carbocycles. The Balaban J connectivity index is 2.53. The number of hydrogen-bond donors (Lipinski definition) is 0. The van der Waals surface area contributed by atoms with Crippen molar-refractivity contribution in [2.75, 3.05) is 13.2 Å². The molecule has 4 nitrogen and oxygen atoms in total. The van der Waals surface area contributed by atoms with Gasteiger partial charge >= 0.3 is 0 Å².